The monoisotopic (exact) mass is 535 g/mol. The van der Waals surface area contributed by atoms with Gasteiger partial charge in [0.2, 0.25) is 11.8 Å². The molecule has 0 bridgehead atoms. The van der Waals surface area contributed by atoms with Gasteiger partial charge in [0.15, 0.2) is 0 Å². The number of carbonyl (C=O) groups is 2. The summed E-state index contributed by atoms with van der Waals surface area (Å²) in [6.07, 6.45) is 0. The second kappa shape index (κ2) is 12.3. The van der Waals surface area contributed by atoms with Gasteiger partial charge in [-0.05, 0) is 76.4 Å². The van der Waals surface area contributed by atoms with Gasteiger partial charge in [0.05, 0.1) is 10.6 Å². The van der Waals surface area contributed by atoms with Crippen molar-refractivity contribution in [2.45, 2.75) is 65.1 Å². The van der Waals surface area contributed by atoms with Gasteiger partial charge < -0.3 is 10.2 Å². The van der Waals surface area contributed by atoms with E-state index in [2.05, 4.69) is 5.32 Å². The van der Waals surface area contributed by atoms with Gasteiger partial charge in [0.25, 0.3) is 10.0 Å². The Morgan fingerprint density at radius 1 is 0.842 bits per heavy atom. The molecule has 7 nitrogen and oxygen atoms in total. The summed E-state index contributed by atoms with van der Waals surface area (Å²) in [5, 5.41) is 2.87. The van der Waals surface area contributed by atoms with Crippen LogP contribution in [0.4, 0.5) is 5.69 Å². The van der Waals surface area contributed by atoms with Crippen LogP contribution >= 0.6 is 0 Å². The molecule has 2 amide bonds. The molecule has 0 heterocycles. The Kier molecular flexibility index (Phi) is 9.33. The standard InChI is InChI=1S/C30H37N3O4S/c1-21(2)31-30(35)25(6)32(19-26-12-10-11-22(3)17-26)29(34)20-33(28-18-23(4)15-16-24(28)5)38(36,37)27-13-8-7-9-14-27/h7-18,21,25H,19-20H2,1-6H3,(H,31,35)/t25-/m0/s1. The van der Waals surface area contributed by atoms with Crippen molar-refractivity contribution in [3.8, 4) is 0 Å². The molecule has 0 aromatic heterocycles. The van der Waals surface area contributed by atoms with Gasteiger partial charge in [-0.1, -0.05) is 60.2 Å². The third-order valence-electron chi connectivity index (χ3n) is 6.28. The van der Waals surface area contributed by atoms with Gasteiger partial charge in [-0.2, -0.15) is 0 Å². The molecule has 3 aromatic carbocycles. The summed E-state index contributed by atoms with van der Waals surface area (Å²) in [5.41, 5.74) is 3.90. The highest BCUT2D eigenvalue weighted by Crippen LogP contribution is 2.28. The quantitative estimate of drug-likeness (QED) is 0.406. The van der Waals surface area contributed by atoms with Crippen molar-refractivity contribution in [3.63, 3.8) is 0 Å². The van der Waals surface area contributed by atoms with E-state index in [-0.39, 0.29) is 23.4 Å². The van der Waals surface area contributed by atoms with Crippen LogP contribution in [0.5, 0.6) is 0 Å². The summed E-state index contributed by atoms with van der Waals surface area (Å²) >= 11 is 0. The van der Waals surface area contributed by atoms with E-state index in [4.69, 9.17) is 0 Å². The first-order chi connectivity index (χ1) is 17.9. The molecule has 0 fully saturated rings. The van der Waals surface area contributed by atoms with Crippen molar-refractivity contribution in [1.82, 2.24) is 10.2 Å². The lowest BCUT2D eigenvalue weighted by molar-refractivity contribution is -0.139. The maximum Gasteiger partial charge on any atom is 0.264 e. The fraction of sp³-hybridized carbons (Fsp3) is 0.333. The highest BCUT2D eigenvalue weighted by atomic mass is 32.2. The zero-order valence-electron chi connectivity index (χ0n) is 22.9. The van der Waals surface area contributed by atoms with Gasteiger partial charge in [0, 0.05) is 12.6 Å². The van der Waals surface area contributed by atoms with Crippen molar-refractivity contribution in [2.24, 2.45) is 0 Å². The fourth-order valence-corrected chi connectivity index (χ4v) is 5.71. The minimum absolute atomic E-state index is 0.0875. The molecule has 0 spiro atoms. The van der Waals surface area contributed by atoms with Gasteiger partial charge in [-0.25, -0.2) is 8.42 Å². The zero-order valence-corrected chi connectivity index (χ0v) is 23.7. The van der Waals surface area contributed by atoms with Crippen LogP contribution in [0.1, 0.15) is 43.0 Å². The second-order valence-corrected chi connectivity index (χ2v) is 11.8. The number of benzene rings is 3. The number of nitrogens with zero attached hydrogens (tertiary/aromatic N) is 2. The summed E-state index contributed by atoms with van der Waals surface area (Å²) in [7, 11) is -4.08. The third kappa shape index (κ3) is 7.01. The Labute approximate surface area is 226 Å². The molecule has 0 saturated heterocycles. The highest BCUT2D eigenvalue weighted by Gasteiger charge is 2.33. The SMILES string of the molecule is Cc1cccc(CN(C(=O)CN(c2cc(C)ccc2C)S(=O)(=O)c2ccccc2)[C@@H](C)C(=O)NC(C)C)c1. The number of aryl methyl sites for hydroxylation is 3. The second-order valence-electron chi connectivity index (χ2n) is 9.96. The van der Waals surface area contributed by atoms with Crippen molar-refractivity contribution in [3.05, 3.63) is 95.1 Å². The lowest BCUT2D eigenvalue weighted by Gasteiger charge is -2.33. The number of hydrogen-bond acceptors (Lipinski definition) is 4. The summed E-state index contributed by atoms with van der Waals surface area (Å²) < 4.78 is 28.9. The molecule has 0 aliphatic carbocycles. The van der Waals surface area contributed by atoms with Crippen LogP contribution in [-0.4, -0.2) is 43.8 Å². The van der Waals surface area contributed by atoms with E-state index >= 15 is 0 Å². The molecule has 0 aliphatic heterocycles. The molecule has 3 aromatic rings. The van der Waals surface area contributed by atoms with E-state index in [0.717, 1.165) is 26.6 Å². The molecule has 0 radical (unpaired) electrons. The van der Waals surface area contributed by atoms with E-state index in [1.807, 2.05) is 71.0 Å². The third-order valence-corrected chi connectivity index (χ3v) is 8.05. The molecular weight excluding hydrogens is 498 g/mol. The van der Waals surface area contributed by atoms with Crippen molar-refractivity contribution in [1.29, 1.82) is 0 Å². The van der Waals surface area contributed by atoms with Crippen molar-refractivity contribution >= 4 is 27.5 Å². The summed E-state index contributed by atoms with van der Waals surface area (Å²) in [5.74, 6) is -0.775. The minimum Gasteiger partial charge on any atom is -0.352 e. The number of anilines is 1. The van der Waals surface area contributed by atoms with Crippen LogP contribution in [0.25, 0.3) is 0 Å². The van der Waals surface area contributed by atoms with Crippen LogP contribution in [0.15, 0.2) is 77.7 Å². The highest BCUT2D eigenvalue weighted by molar-refractivity contribution is 7.92. The van der Waals surface area contributed by atoms with Crippen LogP contribution in [0, 0.1) is 20.8 Å². The first kappa shape index (κ1) is 28.9. The largest absolute Gasteiger partial charge is 0.352 e. The number of carbonyl (C=O) groups excluding carboxylic acids is 2. The van der Waals surface area contributed by atoms with E-state index in [0.29, 0.717) is 5.69 Å². The first-order valence-electron chi connectivity index (χ1n) is 12.7. The maximum atomic E-state index is 14.0. The van der Waals surface area contributed by atoms with Crippen LogP contribution in [0.2, 0.25) is 0 Å². The molecular formula is C30H37N3O4S. The molecule has 8 heteroatoms. The Bertz CT molecular complexity index is 1390. The van der Waals surface area contributed by atoms with E-state index < -0.39 is 28.5 Å². The predicted molar refractivity (Wildman–Crippen MR) is 151 cm³/mol. The van der Waals surface area contributed by atoms with Gasteiger partial charge in [0.1, 0.15) is 12.6 Å². The molecule has 0 unspecified atom stereocenters. The Morgan fingerprint density at radius 3 is 2.13 bits per heavy atom. The molecule has 0 saturated carbocycles. The number of amides is 2. The average molecular weight is 536 g/mol. The number of nitrogens with one attached hydrogen (secondary N) is 1. The van der Waals surface area contributed by atoms with Crippen LogP contribution in [-0.2, 0) is 26.2 Å². The van der Waals surface area contributed by atoms with Crippen molar-refractivity contribution in [2.75, 3.05) is 10.8 Å². The normalized spacial score (nSPS) is 12.2. The molecule has 202 valence electrons. The van der Waals surface area contributed by atoms with E-state index in [1.165, 1.54) is 17.0 Å². The Balaban J connectivity index is 2.07. The average Bonchev–Trinajstić information content (AvgIpc) is 2.87. The number of hydrogen-bond donors (Lipinski definition) is 1. The Hall–Kier alpha value is -3.65. The Morgan fingerprint density at radius 2 is 1.50 bits per heavy atom. The molecule has 0 aliphatic rings. The van der Waals surface area contributed by atoms with Crippen LogP contribution in [0.3, 0.4) is 0 Å². The molecule has 1 atom stereocenters. The maximum absolute atomic E-state index is 14.0. The fourth-order valence-electron chi connectivity index (χ4n) is 4.22. The van der Waals surface area contributed by atoms with Gasteiger partial charge >= 0.3 is 0 Å². The van der Waals surface area contributed by atoms with Gasteiger partial charge in [-0.3, -0.25) is 13.9 Å². The van der Waals surface area contributed by atoms with E-state index in [1.54, 1.807) is 31.2 Å². The smallest absolute Gasteiger partial charge is 0.264 e. The van der Waals surface area contributed by atoms with Gasteiger partial charge in [-0.15, -0.1) is 0 Å². The summed E-state index contributed by atoms with van der Waals surface area (Å²) in [6, 6.07) is 20.4. The van der Waals surface area contributed by atoms with Crippen LogP contribution < -0.4 is 9.62 Å². The summed E-state index contributed by atoms with van der Waals surface area (Å²) in [6.45, 7) is 10.7. The zero-order chi connectivity index (χ0) is 28.0. The lowest BCUT2D eigenvalue weighted by Crippen LogP contribution is -2.52. The lowest BCUT2D eigenvalue weighted by atomic mass is 10.1. The number of sulfonamides is 1. The predicted octanol–water partition coefficient (Wildman–Crippen LogP) is 4.75. The molecule has 38 heavy (non-hydrogen) atoms. The van der Waals surface area contributed by atoms with E-state index in [9.17, 15) is 18.0 Å². The summed E-state index contributed by atoms with van der Waals surface area (Å²) in [4.78, 5) is 28.5. The first-order valence-corrected chi connectivity index (χ1v) is 14.1. The van der Waals surface area contributed by atoms with Crippen molar-refractivity contribution < 1.29 is 18.0 Å². The molecule has 1 N–H and O–H groups in total. The molecule has 3 rings (SSSR count). The number of rotatable bonds is 10. The topological polar surface area (TPSA) is 86.8 Å². The minimum atomic E-state index is -4.08.